The van der Waals surface area contributed by atoms with E-state index in [4.69, 9.17) is 9.68 Å². The van der Waals surface area contributed by atoms with E-state index in [-0.39, 0.29) is 11.9 Å². The summed E-state index contributed by atoms with van der Waals surface area (Å²) in [6.45, 7) is 4.90. The number of rotatable bonds is 3. The van der Waals surface area contributed by atoms with Crippen LogP contribution in [0.4, 0.5) is 0 Å². The summed E-state index contributed by atoms with van der Waals surface area (Å²) >= 11 is 0. The average Bonchev–Trinajstić information content (AvgIpc) is 2.46. The maximum Gasteiger partial charge on any atom is 0.337 e. The van der Waals surface area contributed by atoms with Gasteiger partial charge in [-0.3, -0.25) is 9.68 Å². The highest BCUT2D eigenvalue weighted by atomic mass is 17.0. The van der Waals surface area contributed by atoms with Gasteiger partial charge in [-0.1, -0.05) is 12.2 Å². The zero-order chi connectivity index (χ0) is 9.84. The number of carbonyl (C=O) groups excluding carboxylic acids is 1. The Morgan fingerprint density at radius 1 is 1.69 bits per heavy atom. The zero-order valence-corrected chi connectivity index (χ0v) is 8.15. The molecule has 5 heteroatoms. The number of hydrogen-bond acceptors (Lipinski definition) is 5. The molecule has 5 nitrogen and oxygen atoms in total. The Bertz CT molecular complexity index is 185. The molecular formula is C8H15NO4. The number of methoxy groups -OCH3 is 1. The van der Waals surface area contributed by atoms with E-state index in [9.17, 15) is 4.79 Å². The SMILES string of the molecule is CCON1C[C@H](C)[C@@H](C(=O)OC)O1. The number of esters is 1. The minimum atomic E-state index is -0.531. The van der Waals surface area contributed by atoms with Crippen molar-refractivity contribution in [2.75, 3.05) is 20.3 Å². The summed E-state index contributed by atoms with van der Waals surface area (Å²) in [5.74, 6) is -0.256. The number of carbonyl (C=O) groups is 1. The van der Waals surface area contributed by atoms with Crippen molar-refractivity contribution in [3.63, 3.8) is 0 Å². The van der Waals surface area contributed by atoms with Crippen molar-refractivity contribution in [1.82, 2.24) is 5.23 Å². The molecule has 0 aromatic carbocycles. The fourth-order valence-electron chi connectivity index (χ4n) is 1.22. The first kappa shape index (κ1) is 10.4. The average molecular weight is 189 g/mol. The van der Waals surface area contributed by atoms with Crippen LogP contribution >= 0.6 is 0 Å². The molecule has 1 heterocycles. The molecule has 0 radical (unpaired) electrons. The third-order valence-electron chi connectivity index (χ3n) is 1.89. The molecule has 1 rings (SSSR count). The predicted molar refractivity (Wildman–Crippen MR) is 44.4 cm³/mol. The standard InChI is InChI=1S/C8H15NO4/c1-4-12-9-5-6(2)7(13-9)8(10)11-3/h6-7H,4-5H2,1-3H3/t6-,7-/m0/s1. The summed E-state index contributed by atoms with van der Waals surface area (Å²) in [6.07, 6.45) is -0.531. The van der Waals surface area contributed by atoms with Gasteiger partial charge in [-0.15, -0.1) is 0 Å². The van der Waals surface area contributed by atoms with Gasteiger partial charge in [0.25, 0.3) is 0 Å². The third kappa shape index (κ3) is 2.40. The van der Waals surface area contributed by atoms with E-state index in [1.54, 1.807) is 0 Å². The van der Waals surface area contributed by atoms with Crippen LogP contribution in [0.25, 0.3) is 0 Å². The Morgan fingerprint density at radius 2 is 2.38 bits per heavy atom. The summed E-state index contributed by atoms with van der Waals surface area (Å²) in [5.41, 5.74) is 0. The Morgan fingerprint density at radius 3 is 2.92 bits per heavy atom. The quantitative estimate of drug-likeness (QED) is 0.600. The monoisotopic (exact) mass is 189 g/mol. The minimum Gasteiger partial charge on any atom is -0.467 e. The number of hydrogen-bond donors (Lipinski definition) is 0. The first-order valence-corrected chi connectivity index (χ1v) is 4.34. The van der Waals surface area contributed by atoms with E-state index < -0.39 is 6.10 Å². The van der Waals surface area contributed by atoms with E-state index in [0.717, 1.165) is 0 Å². The van der Waals surface area contributed by atoms with Crippen LogP contribution in [0.3, 0.4) is 0 Å². The van der Waals surface area contributed by atoms with Crippen molar-refractivity contribution in [3.05, 3.63) is 0 Å². The first-order chi connectivity index (χ1) is 6.19. The summed E-state index contributed by atoms with van der Waals surface area (Å²) in [6, 6.07) is 0. The molecule has 0 N–H and O–H groups in total. The molecular weight excluding hydrogens is 174 g/mol. The van der Waals surface area contributed by atoms with Crippen molar-refractivity contribution >= 4 is 5.97 Å². The van der Waals surface area contributed by atoms with Gasteiger partial charge >= 0.3 is 5.97 Å². The van der Waals surface area contributed by atoms with E-state index in [0.29, 0.717) is 13.2 Å². The van der Waals surface area contributed by atoms with Gasteiger partial charge in [0, 0.05) is 5.92 Å². The molecule has 0 spiro atoms. The van der Waals surface area contributed by atoms with Gasteiger partial charge in [0.15, 0.2) is 6.10 Å². The lowest BCUT2D eigenvalue weighted by Gasteiger charge is -2.13. The normalized spacial score (nSPS) is 29.2. The van der Waals surface area contributed by atoms with E-state index >= 15 is 0 Å². The Balaban J connectivity index is 2.46. The second kappa shape index (κ2) is 4.55. The fraction of sp³-hybridized carbons (Fsp3) is 0.875. The smallest absolute Gasteiger partial charge is 0.337 e. The first-order valence-electron chi connectivity index (χ1n) is 4.34. The number of ether oxygens (including phenoxy) is 1. The molecule has 2 atom stereocenters. The predicted octanol–water partition coefficient (Wildman–Crippen LogP) is 0.363. The lowest BCUT2D eigenvalue weighted by Crippen LogP contribution is -2.27. The van der Waals surface area contributed by atoms with Crippen LogP contribution in [-0.4, -0.2) is 37.6 Å². The number of nitrogens with zero attached hydrogens (tertiary/aromatic N) is 1. The molecule has 1 aliphatic rings. The highest BCUT2D eigenvalue weighted by Gasteiger charge is 2.37. The molecule has 0 aromatic rings. The van der Waals surface area contributed by atoms with Crippen LogP contribution < -0.4 is 0 Å². The summed E-state index contributed by atoms with van der Waals surface area (Å²) in [7, 11) is 1.35. The summed E-state index contributed by atoms with van der Waals surface area (Å²) in [5, 5.41) is 1.34. The Labute approximate surface area is 77.5 Å². The summed E-state index contributed by atoms with van der Waals surface area (Å²) in [4.78, 5) is 21.4. The Hall–Kier alpha value is -0.650. The lowest BCUT2D eigenvalue weighted by molar-refractivity contribution is -0.349. The van der Waals surface area contributed by atoms with Gasteiger partial charge < -0.3 is 4.74 Å². The topological polar surface area (TPSA) is 48.0 Å². The van der Waals surface area contributed by atoms with Crippen molar-refractivity contribution in [3.8, 4) is 0 Å². The molecule has 0 aromatic heterocycles. The maximum atomic E-state index is 11.1. The molecule has 0 amide bonds. The van der Waals surface area contributed by atoms with Gasteiger partial charge in [-0.2, -0.15) is 0 Å². The van der Waals surface area contributed by atoms with E-state index in [2.05, 4.69) is 4.74 Å². The van der Waals surface area contributed by atoms with Crippen LogP contribution in [0.1, 0.15) is 13.8 Å². The van der Waals surface area contributed by atoms with Crippen molar-refractivity contribution in [2.24, 2.45) is 5.92 Å². The molecule has 76 valence electrons. The molecule has 0 saturated carbocycles. The van der Waals surface area contributed by atoms with Gasteiger partial charge in [0.05, 0.1) is 20.3 Å². The molecule has 1 saturated heterocycles. The minimum absolute atomic E-state index is 0.0963. The zero-order valence-electron chi connectivity index (χ0n) is 8.15. The Kier molecular flexibility index (Phi) is 3.65. The van der Waals surface area contributed by atoms with Gasteiger partial charge in [-0.25, -0.2) is 4.79 Å². The van der Waals surface area contributed by atoms with Gasteiger partial charge in [0.2, 0.25) is 0 Å². The second-order valence-corrected chi connectivity index (χ2v) is 2.96. The van der Waals surface area contributed by atoms with Crippen molar-refractivity contribution < 1.29 is 19.2 Å². The van der Waals surface area contributed by atoms with Crippen LogP contribution in [-0.2, 0) is 19.2 Å². The summed E-state index contributed by atoms with van der Waals surface area (Å²) < 4.78 is 4.58. The highest BCUT2D eigenvalue weighted by molar-refractivity contribution is 5.75. The fourth-order valence-corrected chi connectivity index (χ4v) is 1.22. The maximum absolute atomic E-state index is 11.1. The molecule has 0 unspecified atom stereocenters. The largest absolute Gasteiger partial charge is 0.467 e. The van der Waals surface area contributed by atoms with Crippen LogP contribution in [0.15, 0.2) is 0 Å². The molecule has 1 aliphatic heterocycles. The molecule has 13 heavy (non-hydrogen) atoms. The van der Waals surface area contributed by atoms with Crippen LogP contribution in [0.2, 0.25) is 0 Å². The van der Waals surface area contributed by atoms with Gasteiger partial charge in [0.1, 0.15) is 0 Å². The van der Waals surface area contributed by atoms with Crippen molar-refractivity contribution in [1.29, 1.82) is 0 Å². The van der Waals surface area contributed by atoms with Crippen molar-refractivity contribution in [2.45, 2.75) is 20.0 Å². The van der Waals surface area contributed by atoms with E-state index in [1.165, 1.54) is 12.3 Å². The van der Waals surface area contributed by atoms with Crippen LogP contribution in [0, 0.1) is 5.92 Å². The second-order valence-electron chi connectivity index (χ2n) is 2.96. The van der Waals surface area contributed by atoms with Gasteiger partial charge in [-0.05, 0) is 6.92 Å². The van der Waals surface area contributed by atoms with E-state index in [1.807, 2.05) is 13.8 Å². The lowest BCUT2D eigenvalue weighted by atomic mass is 10.1. The molecule has 1 fully saturated rings. The molecule has 0 aliphatic carbocycles. The third-order valence-corrected chi connectivity index (χ3v) is 1.89. The molecule has 0 bridgehead atoms. The number of hydroxylamine groups is 2. The van der Waals surface area contributed by atoms with Crippen LogP contribution in [0.5, 0.6) is 0 Å². The highest BCUT2D eigenvalue weighted by Crippen LogP contribution is 2.20.